The zero-order chi connectivity index (χ0) is 17.4. The number of benzene rings is 1. The first-order chi connectivity index (χ1) is 11.5. The van der Waals surface area contributed by atoms with E-state index in [2.05, 4.69) is 25.9 Å². The molecule has 0 saturated heterocycles. The SMILES string of the molecule is CC(=O)Nc1cccc(NC(=O)CCNC(=O)c2cnccn2)c1. The van der Waals surface area contributed by atoms with Crippen LogP contribution in [0.1, 0.15) is 23.8 Å². The second kappa shape index (κ2) is 8.37. The summed E-state index contributed by atoms with van der Waals surface area (Å²) in [5.41, 5.74) is 1.35. The summed E-state index contributed by atoms with van der Waals surface area (Å²) >= 11 is 0. The van der Waals surface area contributed by atoms with Gasteiger partial charge in [0, 0.05) is 43.7 Å². The number of hydrogen-bond acceptors (Lipinski definition) is 5. The molecule has 0 saturated carbocycles. The van der Waals surface area contributed by atoms with Gasteiger partial charge in [0.15, 0.2) is 0 Å². The van der Waals surface area contributed by atoms with Gasteiger partial charge >= 0.3 is 0 Å². The van der Waals surface area contributed by atoms with Crippen LogP contribution in [0, 0.1) is 0 Å². The number of aromatic nitrogens is 2. The summed E-state index contributed by atoms with van der Waals surface area (Å²) in [6, 6.07) is 6.80. The van der Waals surface area contributed by atoms with Crippen molar-refractivity contribution in [2.75, 3.05) is 17.2 Å². The molecule has 8 nitrogen and oxygen atoms in total. The first kappa shape index (κ1) is 17.1. The molecule has 1 heterocycles. The Bertz CT molecular complexity index is 734. The molecule has 2 aromatic rings. The van der Waals surface area contributed by atoms with Crippen LogP contribution in [0.15, 0.2) is 42.9 Å². The van der Waals surface area contributed by atoms with E-state index in [0.717, 1.165) is 0 Å². The molecular formula is C16H17N5O3. The molecule has 2 rings (SSSR count). The van der Waals surface area contributed by atoms with Crippen molar-refractivity contribution in [2.24, 2.45) is 0 Å². The van der Waals surface area contributed by atoms with Gasteiger partial charge in [-0.3, -0.25) is 19.4 Å². The molecule has 0 aliphatic rings. The van der Waals surface area contributed by atoms with Crippen LogP contribution in [0.3, 0.4) is 0 Å². The van der Waals surface area contributed by atoms with Gasteiger partial charge in [0.1, 0.15) is 5.69 Å². The molecule has 0 radical (unpaired) electrons. The third-order valence-corrected chi connectivity index (χ3v) is 2.90. The predicted octanol–water partition coefficient (Wildman–Crippen LogP) is 1.19. The fourth-order valence-electron chi connectivity index (χ4n) is 1.90. The average molecular weight is 327 g/mol. The Morgan fingerprint density at radius 1 is 1.08 bits per heavy atom. The maximum Gasteiger partial charge on any atom is 0.271 e. The first-order valence-electron chi connectivity index (χ1n) is 7.26. The van der Waals surface area contributed by atoms with Crippen molar-refractivity contribution in [1.82, 2.24) is 15.3 Å². The Balaban J connectivity index is 1.79. The predicted molar refractivity (Wildman–Crippen MR) is 88.4 cm³/mol. The van der Waals surface area contributed by atoms with E-state index < -0.39 is 0 Å². The normalized spacial score (nSPS) is 9.88. The standard InChI is InChI=1S/C16H17N5O3/c1-11(22)20-12-3-2-4-13(9-12)21-15(23)5-6-19-16(24)14-10-17-7-8-18-14/h2-4,7-10H,5-6H2,1H3,(H,19,24)(H,20,22)(H,21,23). The maximum atomic E-state index is 11.9. The molecule has 0 bridgehead atoms. The highest BCUT2D eigenvalue weighted by Gasteiger charge is 2.08. The van der Waals surface area contributed by atoms with Crippen molar-refractivity contribution in [3.05, 3.63) is 48.5 Å². The largest absolute Gasteiger partial charge is 0.350 e. The number of hydrogen-bond donors (Lipinski definition) is 3. The molecule has 0 fully saturated rings. The monoisotopic (exact) mass is 327 g/mol. The zero-order valence-electron chi connectivity index (χ0n) is 13.1. The Kier molecular flexibility index (Phi) is 5.95. The smallest absolute Gasteiger partial charge is 0.271 e. The molecule has 0 unspecified atom stereocenters. The topological polar surface area (TPSA) is 113 Å². The minimum absolute atomic E-state index is 0.108. The fraction of sp³-hybridized carbons (Fsp3) is 0.188. The van der Waals surface area contributed by atoms with E-state index in [1.807, 2.05) is 0 Å². The molecule has 3 amide bonds. The Morgan fingerprint density at radius 2 is 1.83 bits per heavy atom. The van der Waals surface area contributed by atoms with E-state index in [9.17, 15) is 14.4 Å². The summed E-state index contributed by atoms with van der Waals surface area (Å²) in [7, 11) is 0. The van der Waals surface area contributed by atoms with E-state index in [1.54, 1.807) is 24.3 Å². The van der Waals surface area contributed by atoms with Crippen LogP contribution in [0.2, 0.25) is 0 Å². The molecule has 1 aromatic carbocycles. The van der Waals surface area contributed by atoms with Crippen LogP contribution in [0.5, 0.6) is 0 Å². The van der Waals surface area contributed by atoms with Crippen LogP contribution in [0.4, 0.5) is 11.4 Å². The fourth-order valence-corrected chi connectivity index (χ4v) is 1.90. The van der Waals surface area contributed by atoms with E-state index in [-0.39, 0.29) is 36.4 Å². The van der Waals surface area contributed by atoms with E-state index in [0.29, 0.717) is 11.4 Å². The third kappa shape index (κ3) is 5.48. The highest BCUT2D eigenvalue weighted by atomic mass is 16.2. The van der Waals surface area contributed by atoms with Gasteiger partial charge in [0.2, 0.25) is 11.8 Å². The first-order valence-corrected chi connectivity index (χ1v) is 7.26. The van der Waals surface area contributed by atoms with Crippen LogP contribution >= 0.6 is 0 Å². The number of nitrogens with one attached hydrogen (secondary N) is 3. The van der Waals surface area contributed by atoms with Crippen molar-refractivity contribution in [2.45, 2.75) is 13.3 Å². The summed E-state index contributed by atoms with van der Waals surface area (Å²) in [6.45, 7) is 1.58. The van der Waals surface area contributed by atoms with Gasteiger partial charge < -0.3 is 16.0 Å². The van der Waals surface area contributed by atoms with E-state index >= 15 is 0 Å². The molecule has 0 aliphatic heterocycles. The van der Waals surface area contributed by atoms with Crippen LogP contribution in [-0.2, 0) is 9.59 Å². The maximum absolute atomic E-state index is 11.9. The van der Waals surface area contributed by atoms with Gasteiger partial charge in [0.05, 0.1) is 6.20 Å². The number of anilines is 2. The van der Waals surface area contributed by atoms with Crippen molar-refractivity contribution in [3.8, 4) is 0 Å². The molecule has 24 heavy (non-hydrogen) atoms. The van der Waals surface area contributed by atoms with Gasteiger partial charge in [-0.25, -0.2) is 4.98 Å². The number of carbonyl (C=O) groups excluding carboxylic acids is 3. The quantitative estimate of drug-likeness (QED) is 0.737. The summed E-state index contributed by atoms with van der Waals surface area (Å²) in [5, 5.41) is 7.93. The van der Waals surface area contributed by atoms with Gasteiger partial charge in [-0.1, -0.05) is 6.07 Å². The number of amides is 3. The van der Waals surface area contributed by atoms with Gasteiger partial charge in [0.25, 0.3) is 5.91 Å². The average Bonchev–Trinajstić information content (AvgIpc) is 2.55. The summed E-state index contributed by atoms with van der Waals surface area (Å²) in [6.07, 6.45) is 4.35. The van der Waals surface area contributed by atoms with Crippen LogP contribution in [0.25, 0.3) is 0 Å². The van der Waals surface area contributed by atoms with Crippen LogP contribution < -0.4 is 16.0 Å². The van der Waals surface area contributed by atoms with E-state index in [4.69, 9.17) is 0 Å². The number of nitrogens with zero attached hydrogens (tertiary/aromatic N) is 2. The molecule has 0 spiro atoms. The van der Waals surface area contributed by atoms with Crippen LogP contribution in [-0.4, -0.2) is 34.2 Å². The van der Waals surface area contributed by atoms with Crippen molar-refractivity contribution >= 4 is 29.1 Å². The molecule has 0 aliphatic carbocycles. The van der Waals surface area contributed by atoms with Crippen molar-refractivity contribution < 1.29 is 14.4 Å². The Morgan fingerprint density at radius 3 is 2.50 bits per heavy atom. The highest BCUT2D eigenvalue weighted by molar-refractivity contribution is 5.94. The lowest BCUT2D eigenvalue weighted by Gasteiger charge is -2.08. The molecular weight excluding hydrogens is 310 g/mol. The van der Waals surface area contributed by atoms with Crippen molar-refractivity contribution in [1.29, 1.82) is 0 Å². The summed E-state index contributed by atoms with van der Waals surface area (Å²) in [4.78, 5) is 42.3. The minimum atomic E-state index is -0.386. The van der Waals surface area contributed by atoms with E-state index in [1.165, 1.54) is 25.5 Å². The molecule has 0 atom stereocenters. The summed E-state index contributed by atoms with van der Waals surface area (Å²) < 4.78 is 0. The van der Waals surface area contributed by atoms with Crippen molar-refractivity contribution in [3.63, 3.8) is 0 Å². The van der Waals surface area contributed by atoms with Gasteiger partial charge in [-0.2, -0.15) is 0 Å². The lowest BCUT2D eigenvalue weighted by molar-refractivity contribution is -0.116. The second-order valence-electron chi connectivity index (χ2n) is 4.91. The van der Waals surface area contributed by atoms with Gasteiger partial charge in [-0.05, 0) is 18.2 Å². The molecule has 1 aromatic heterocycles. The zero-order valence-corrected chi connectivity index (χ0v) is 13.1. The van der Waals surface area contributed by atoms with Gasteiger partial charge in [-0.15, -0.1) is 0 Å². The number of carbonyl (C=O) groups is 3. The Hall–Kier alpha value is -3.29. The minimum Gasteiger partial charge on any atom is -0.350 e. The number of rotatable bonds is 6. The molecule has 3 N–H and O–H groups in total. The molecule has 124 valence electrons. The third-order valence-electron chi connectivity index (χ3n) is 2.90. The molecule has 8 heteroatoms. The lowest BCUT2D eigenvalue weighted by atomic mass is 10.2. The second-order valence-corrected chi connectivity index (χ2v) is 4.91. The summed E-state index contributed by atoms with van der Waals surface area (Å²) in [5.74, 6) is -0.830. The lowest BCUT2D eigenvalue weighted by Crippen LogP contribution is -2.28. The Labute approximate surface area is 138 Å². The highest BCUT2D eigenvalue weighted by Crippen LogP contribution is 2.15.